The summed E-state index contributed by atoms with van der Waals surface area (Å²) in [6.07, 6.45) is 0. The zero-order valence-corrected chi connectivity index (χ0v) is 32.1. The fraction of sp³-hybridized carbons (Fsp3) is 0.0175. The van der Waals surface area contributed by atoms with Gasteiger partial charge in [-0.05, 0) is 91.7 Å². The van der Waals surface area contributed by atoms with Gasteiger partial charge in [0.1, 0.15) is 11.5 Å². The molecule has 2 nitrogen and oxygen atoms in total. The van der Waals surface area contributed by atoms with Gasteiger partial charge in [0.2, 0.25) is 0 Å². The van der Waals surface area contributed by atoms with Crippen molar-refractivity contribution in [3.05, 3.63) is 235 Å². The molecule has 2 aliphatic rings. The molecule has 0 amide bonds. The Hall–Kier alpha value is -7.68. The molecule has 0 radical (unpaired) electrons. The van der Waals surface area contributed by atoms with Gasteiger partial charge in [-0.1, -0.05) is 176 Å². The zero-order chi connectivity index (χ0) is 38.7. The molecule has 0 fully saturated rings. The SMILES string of the molecule is c1ccc(-c2ccc3c(c2)c2cc(-c4ccccc4)ccc2n3-c2ccc3c(c2)C2(c4ccccc4-3)c3ccc4ccccc4c3Oc3c2ccc2ccccc32)cc1. The van der Waals surface area contributed by atoms with Crippen LogP contribution in [0.1, 0.15) is 22.3 Å². The molecular weight excluding hydrogens is 715 g/mol. The monoisotopic (exact) mass is 749 g/mol. The second-order valence-electron chi connectivity index (χ2n) is 16.0. The van der Waals surface area contributed by atoms with Gasteiger partial charge in [0.15, 0.2) is 0 Å². The summed E-state index contributed by atoms with van der Waals surface area (Å²) in [5.41, 5.74) is 15.1. The summed E-state index contributed by atoms with van der Waals surface area (Å²) >= 11 is 0. The van der Waals surface area contributed by atoms with Crippen LogP contribution in [0.2, 0.25) is 0 Å². The van der Waals surface area contributed by atoms with Gasteiger partial charge < -0.3 is 9.30 Å². The Bertz CT molecular complexity index is 3340. The first-order valence-corrected chi connectivity index (χ1v) is 20.4. The molecule has 11 aromatic rings. The van der Waals surface area contributed by atoms with Crippen molar-refractivity contribution < 1.29 is 4.74 Å². The van der Waals surface area contributed by atoms with E-state index in [0.717, 1.165) is 28.0 Å². The van der Waals surface area contributed by atoms with Crippen molar-refractivity contribution in [1.82, 2.24) is 4.57 Å². The Morgan fingerprint density at radius 2 is 0.831 bits per heavy atom. The molecule has 274 valence electrons. The minimum absolute atomic E-state index is 0.626. The maximum absolute atomic E-state index is 7.23. The van der Waals surface area contributed by atoms with Crippen LogP contribution in [-0.2, 0) is 5.41 Å². The number of benzene rings is 10. The fourth-order valence-corrected chi connectivity index (χ4v) is 10.5. The lowest BCUT2D eigenvalue weighted by Crippen LogP contribution is -2.32. The second-order valence-corrected chi connectivity index (χ2v) is 16.0. The lowest BCUT2D eigenvalue weighted by molar-refractivity contribution is 0.447. The average molecular weight is 750 g/mol. The molecule has 0 atom stereocenters. The topological polar surface area (TPSA) is 14.2 Å². The molecule has 0 saturated carbocycles. The van der Waals surface area contributed by atoms with E-state index in [1.807, 2.05) is 0 Å². The van der Waals surface area contributed by atoms with E-state index in [0.29, 0.717) is 0 Å². The predicted octanol–water partition coefficient (Wildman–Crippen LogP) is 14.9. The largest absolute Gasteiger partial charge is 0.455 e. The third-order valence-electron chi connectivity index (χ3n) is 13.0. The minimum Gasteiger partial charge on any atom is -0.455 e. The predicted molar refractivity (Wildman–Crippen MR) is 244 cm³/mol. The van der Waals surface area contributed by atoms with Crippen LogP contribution in [0.25, 0.3) is 82.4 Å². The molecule has 2 heterocycles. The van der Waals surface area contributed by atoms with Gasteiger partial charge in [-0.15, -0.1) is 0 Å². The standard InChI is InChI=1S/C57H35NO/c1-3-13-36(14-4-1)40-25-31-53-47(33-40)48-34-41(37-15-5-2-6-16-37)26-32-54(48)58(53)42-27-28-46-45-21-11-12-22-49(45)57(52(46)35-42)50-29-23-38-17-7-9-19-43(38)55(50)59-56-44-20-10-8-18-39(44)24-30-51(56)57/h1-35H. The van der Waals surface area contributed by atoms with E-state index >= 15 is 0 Å². The summed E-state index contributed by atoms with van der Waals surface area (Å²) in [5.74, 6) is 1.86. The van der Waals surface area contributed by atoms with Gasteiger partial charge >= 0.3 is 0 Å². The van der Waals surface area contributed by atoms with Gasteiger partial charge in [0.05, 0.1) is 16.4 Å². The second kappa shape index (κ2) is 12.2. The Labute approximate surface area is 341 Å². The van der Waals surface area contributed by atoms with Crippen molar-refractivity contribution in [3.63, 3.8) is 0 Å². The smallest absolute Gasteiger partial charge is 0.140 e. The molecule has 0 saturated heterocycles. The third kappa shape index (κ3) is 4.46. The highest BCUT2D eigenvalue weighted by Gasteiger charge is 2.52. The van der Waals surface area contributed by atoms with E-state index < -0.39 is 5.41 Å². The molecule has 1 aromatic heterocycles. The first-order chi connectivity index (χ1) is 29.3. The molecule has 2 heteroatoms. The van der Waals surface area contributed by atoms with Crippen molar-refractivity contribution in [2.75, 3.05) is 0 Å². The Balaban J connectivity index is 1.13. The molecule has 0 N–H and O–H groups in total. The van der Waals surface area contributed by atoms with Gasteiger partial charge in [0.25, 0.3) is 0 Å². The minimum atomic E-state index is -0.626. The van der Waals surface area contributed by atoms with E-state index in [1.54, 1.807) is 0 Å². The van der Waals surface area contributed by atoms with Crippen molar-refractivity contribution in [3.8, 4) is 50.6 Å². The van der Waals surface area contributed by atoms with Crippen LogP contribution >= 0.6 is 0 Å². The molecule has 1 aliphatic heterocycles. The number of rotatable bonds is 3. The first kappa shape index (κ1) is 32.4. The lowest BCUT2D eigenvalue weighted by atomic mass is 9.65. The van der Waals surface area contributed by atoms with Crippen molar-refractivity contribution in [2.24, 2.45) is 0 Å². The number of hydrogen-bond donors (Lipinski definition) is 0. The summed E-state index contributed by atoms with van der Waals surface area (Å²) in [4.78, 5) is 0. The zero-order valence-electron chi connectivity index (χ0n) is 32.1. The van der Waals surface area contributed by atoms with E-state index in [4.69, 9.17) is 4.74 Å². The molecule has 10 aromatic carbocycles. The lowest BCUT2D eigenvalue weighted by Gasteiger charge is -2.40. The Morgan fingerprint density at radius 3 is 1.42 bits per heavy atom. The number of fused-ring (bicyclic) bond motifs is 16. The van der Waals surface area contributed by atoms with Gasteiger partial charge in [-0.2, -0.15) is 0 Å². The summed E-state index contributed by atoms with van der Waals surface area (Å²) in [6.45, 7) is 0. The van der Waals surface area contributed by atoms with Crippen LogP contribution in [-0.4, -0.2) is 4.57 Å². The van der Waals surface area contributed by atoms with E-state index in [-0.39, 0.29) is 0 Å². The third-order valence-corrected chi connectivity index (χ3v) is 13.0. The summed E-state index contributed by atoms with van der Waals surface area (Å²) in [7, 11) is 0. The molecular formula is C57H35NO. The molecule has 1 aliphatic carbocycles. The van der Waals surface area contributed by atoms with Crippen LogP contribution in [0.3, 0.4) is 0 Å². The summed E-state index contributed by atoms with van der Waals surface area (Å²) in [5, 5.41) is 7.04. The number of aromatic nitrogens is 1. The quantitative estimate of drug-likeness (QED) is 0.175. The maximum atomic E-state index is 7.23. The van der Waals surface area contributed by atoms with Crippen LogP contribution in [0.4, 0.5) is 0 Å². The average Bonchev–Trinajstić information content (AvgIpc) is 3.79. The van der Waals surface area contributed by atoms with Crippen LogP contribution in [0.5, 0.6) is 11.5 Å². The van der Waals surface area contributed by atoms with Crippen molar-refractivity contribution in [1.29, 1.82) is 0 Å². The fourth-order valence-electron chi connectivity index (χ4n) is 10.5. The summed E-state index contributed by atoms with van der Waals surface area (Å²) < 4.78 is 9.71. The normalized spacial score (nSPS) is 13.4. The Kier molecular flexibility index (Phi) is 6.68. The van der Waals surface area contributed by atoms with Gasteiger partial charge in [-0.3, -0.25) is 0 Å². The number of hydrogen-bond acceptors (Lipinski definition) is 1. The molecule has 1 spiro atoms. The maximum Gasteiger partial charge on any atom is 0.140 e. The van der Waals surface area contributed by atoms with Crippen LogP contribution in [0.15, 0.2) is 212 Å². The van der Waals surface area contributed by atoms with Crippen LogP contribution < -0.4 is 4.74 Å². The molecule has 0 bridgehead atoms. The highest BCUT2D eigenvalue weighted by molar-refractivity contribution is 6.12. The van der Waals surface area contributed by atoms with Crippen LogP contribution in [0, 0.1) is 0 Å². The number of ether oxygens (including phenoxy) is 1. The van der Waals surface area contributed by atoms with Crippen molar-refractivity contribution in [2.45, 2.75) is 5.41 Å². The molecule has 13 rings (SSSR count). The van der Waals surface area contributed by atoms with E-state index in [1.165, 1.54) is 88.2 Å². The molecule has 0 unspecified atom stereocenters. The summed E-state index contributed by atoms with van der Waals surface area (Å²) in [6, 6.07) is 78.0. The number of nitrogens with zero attached hydrogens (tertiary/aromatic N) is 1. The van der Waals surface area contributed by atoms with Crippen molar-refractivity contribution >= 4 is 43.4 Å². The van der Waals surface area contributed by atoms with Gasteiger partial charge in [-0.25, -0.2) is 0 Å². The highest BCUT2D eigenvalue weighted by atomic mass is 16.5. The molecule has 59 heavy (non-hydrogen) atoms. The highest BCUT2D eigenvalue weighted by Crippen LogP contribution is 2.64. The van der Waals surface area contributed by atoms with Gasteiger partial charge in [0, 0.05) is 38.4 Å². The first-order valence-electron chi connectivity index (χ1n) is 20.4. The van der Waals surface area contributed by atoms with E-state index in [2.05, 4.69) is 217 Å². The Morgan fingerprint density at radius 1 is 0.322 bits per heavy atom. The van der Waals surface area contributed by atoms with E-state index in [9.17, 15) is 0 Å².